The summed E-state index contributed by atoms with van der Waals surface area (Å²) in [6.45, 7) is 4.29. The third-order valence-electron chi connectivity index (χ3n) is 2.77. The fraction of sp³-hybridized carbons (Fsp3) is 0.786. The van der Waals surface area contributed by atoms with Crippen molar-refractivity contribution in [1.29, 1.82) is 0 Å². The number of carbonyl (C=O) groups excluding carboxylic acids is 2. The largest absolute Gasteiger partial charge is 0.481 e. The fourth-order valence-electron chi connectivity index (χ4n) is 1.74. The Morgan fingerprint density at radius 3 is 2.29 bits per heavy atom. The number of unbranched alkanes of at least 4 members (excludes halogenated alkanes) is 3. The van der Waals surface area contributed by atoms with Gasteiger partial charge in [0.15, 0.2) is 0 Å². The number of rotatable bonds is 10. The number of likely N-dealkylation sites (N-methyl/N-ethyl adjacent to an activating group) is 1. The van der Waals surface area contributed by atoms with Crippen molar-refractivity contribution in [2.24, 2.45) is 0 Å². The lowest BCUT2D eigenvalue weighted by atomic mass is 10.1. The highest BCUT2D eigenvalue weighted by atomic mass is 16.4. The summed E-state index contributed by atoms with van der Waals surface area (Å²) in [4.78, 5) is 34.8. The van der Waals surface area contributed by atoms with E-state index in [2.05, 4.69) is 10.6 Å². The summed E-state index contributed by atoms with van der Waals surface area (Å²) < 4.78 is 0. The van der Waals surface area contributed by atoms with E-state index in [1.54, 1.807) is 7.05 Å². The third kappa shape index (κ3) is 11.7. The Hall–Kier alpha value is -1.79. The van der Waals surface area contributed by atoms with Crippen molar-refractivity contribution in [2.75, 3.05) is 20.1 Å². The minimum Gasteiger partial charge on any atom is -0.481 e. The van der Waals surface area contributed by atoms with Gasteiger partial charge in [-0.15, -0.1) is 0 Å². The molecule has 0 saturated carbocycles. The van der Waals surface area contributed by atoms with Gasteiger partial charge in [-0.2, -0.15) is 0 Å². The van der Waals surface area contributed by atoms with E-state index < -0.39 is 5.97 Å². The molecule has 0 aliphatic carbocycles. The molecule has 0 aromatic rings. The first-order valence-electron chi connectivity index (χ1n) is 7.33. The molecule has 0 radical (unpaired) electrons. The van der Waals surface area contributed by atoms with Crippen molar-refractivity contribution in [3.63, 3.8) is 0 Å². The second kappa shape index (κ2) is 10.9. The zero-order valence-electron chi connectivity index (χ0n) is 13.1. The van der Waals surface area contributed by atoms with Crippen LogP contribution in [0.2, 0.25) is 0 Å². The second-order valence-corrected chi connectivity index (χ2v) is 5.37. The molecule has 0 rings (SSSR count). The normalized spacial score (nSPS) is 10.3. The minimum atomic E-state index is -0.774. The van der Waals surface area contributed by atoms with Gasteiger partial charge in [-0.1, -0.05) is 12.8 Å². The van der Waals surface area contributed by atoms with E-state index >= 15 is 0 Å². The minimum absolute atomic E-state index is 0.0304. The van der Waals surface area contributed by atoms with Gasteiger partial charge in [0.05, 0.1) is 0 Å². The van der Waals surface area contributed by atoms with Crippen LogP contribution in [0, 0.1) is 0 Å². The zero-order valence-corrected chi connectivity index (χ0v) is 13.1. The van der Waals surface area contributed by atoms with Crippen LogP contribution in [0.3, 0.4) is 0 Å². The summed E-state index contributed by atoms with van der Waals surface area (Å²) in [7, 11) is 1.57. The molecule has 0 fully saturated rings. The molecule has 0 spiro atoms. The van der Waals surface area contributed by atoms with E-state index in [1.165, 1.54) is 4.90 Å². The molecule has 21 heavy (non-hydrogen) atoms. The maximum atomic E-state index is 11.7. The predicted octanol–water partition coefficient (Wildman–Crippen LogP) is 1.19. The highest BCUT2D eigenvalue weighted by Gasteiger charge is 2.12. The average Bonchev–Trinajstić information content (AvgIpc) is 2.35. The quantitative estimate of drug-likeness (QED) is 0.528. The molecule has 122 valence electrons. The Bertz CT molecular complexity index is 345. The van der Waals surface area contributed by atoms with Gasteiger partial charge >= 0.3 is 12.0 Å². The van der Waals surface area contributed by atoms with Gasteiger partial charge in [0.1, 0.15) is 6.54 Å². The number of carboxylic acid groups (broad SMARTS) is 1. The molecule has 0 aliphatic heterocycles. The van der Waals surface area contributed by atoms with E-state index in [-0.39, 0.29) is 30.9 Å². The Morgan fingerprint density at radius 1 is 1.10 bits per heavy atom. The van der Waals surface area contributed by atoms with E-state index in [0.717, 1.165) is 19.3 Å². The molecule has 0 heterocycles. The topological polar surface area (TPSA) is 98.7 Å². The van der Waals surface area contributed by atoms with Gasteiger partial charge in [0.2, 0.25) is 5.91 Å². The van der Waals surface area contributed by atoms with E-state index in [1.807, 2.05) is 13.8 Å². The third-order valence-corrected chi connectivity index (χ3v) is 2.77. The first-order chi connectivity index (χ1) is 9.82. The highest BCUT2D eigenvalue weighted by molar-refractivity contribution is 5.83. The standard InChI is InChI=1S/C14H27N3O4/c1-11(2)16-12(18)10-17(3)14(21)15-9-7-5-4-6-8-13(19)20/h11H,4-10H2,1-3H3,(H,15,21)(H,16,18)(H,19,20). The van der Waals surface area contributed by atoms with Crippen LogP contribution in [0.25, 0.3) is 0 Å². The van der Waals surface area contributed by atoms with Crippen molar-refractivity contribution >= 4 is 17.9 Å². The van der Waals surface area contributed by atoms with E-state index in [0.29, 0.717) is 13.0 Å². The summed E-state index contributed by atoms with van der Waals surface area (Å²) in [5, 5.41) is 13.9. The smallest absolute Gasteiger partial charge is 0.317 e. The van der Waals surface area contributed by atoms with Crippen LogP contribution >= 0.6 is 0 Å². The number of hydrogen-bond donors (Lipinski definition) is 3. The average molecular weight is 301 g/mol. The van der Waals surface area contributed by atoms with Crippen LogP contribution in [0.15, 0.2) is 0 Å². The Balaban J connectivity index is 3.64. The summed E-state index contributed by atoms with van der Waals surface area (Å²) in [5.41, 5.74) is 0. The molecule has 7 nitrogen and oxygen atoms in total. The molecule has 0 atom stereocenters. The van der Waals surface area contributed by atoms with E-state index in [9.17, 15) is 14.4 Å². The van der Waals surface area contributed by atoms with Crippen LogP contribution in [0.4, 0.5) is 4.79 Å². The van der Waals surface area contributed by atoms with Crippen LogP contribution in [0.1, 0.15) is 46.0 Å². The van der Waals surface area contributed by atoms with Gasteiger partial charge in [0, 0.05) is 26.1 Å². The molecule has 3 amide bonds. The molecule has 0 saturated heterocycles. The molecular formula is C14H27N3O4. The first kappa shape index (κ1) is 19.2. The van der Waals surface area contributed by atoms with Crippen molar-refractivity contribution in [3.05, 3.63) is 0 Å². The Morgan fingerprint density at radius 2 is 1.71 bits per heavy atom. The van der Waals surface area contributed by atoms with Gasteiger partial charge < -0.3 is 20.6 Å². The highest BCUT2D eigenvalue weighted by Crippen LogP contribution is 2.02. The lowest BCUT2D eigenvalue weighted by Gasteiger charge is -2.18. The summed E-state index contributed by atoms with van der Waals surface area (Å²) in [6, 6.07) is -0.223. The van der Waals surface area contributed by atoms with Crippen molar-refractivity contribution < 1.29 is 19.5 Å². The van der Waals surface area contributed by atoms with Crippen LogP contribution in [-0.4, -0.2) is 54.1 Å². The molecule has 3 N–H and O–H groups in total. The number of carbonyl (C=O) groups is 3. The second-order valence-electron chi connectivity index (χ2n) is 5.37. The number of hydrogen-bond acceptors (Lipinski definition) is 3. The lowest BCUT2D eigenvalue weighted by Crippen LogP contribution is -2.44. The molecular weight excluding hydrogens is 274 g/mol. The Labute approximate surface area is 126 Å². The maximum absolute atomic E-state index is 11.7. The number of urea groups is 1. The molecule has 0 aliphatic rings. The first-order valence-corrected chi connectivity index (χ1v) is 7.33. The lowest BCUT2D eigenvalue weighted by molar-refractivity contribution is -0.137. The van der Waals surface area contributed by atoms with Crippen molar-refractivity contribution in [2.45, 2.75) is 52.0 Å². The van der Waals surface area contributed by atoms with Crippen molar-refractivity contribution in [1.82, 2.24) is 15.5 Å². The summed E-state index contributed by atoms with van der Waals surface area (Å²) in [6.07, 6.45) is 3.38. The molecule has 0 aromatic carbocycles. The number of aliphatic carboxylic acids is 1. The van der Waals surface area contributed by atoms with Crippen LogP contribution in [-0.2, 0) is 9.59 Å². The van der Waals surface area contributed by atoms with Crippen LogP contribution < -0.4 is 10.6 Å². The van der Waals surface area contributed by atoms with E-state index in [4.69, 9.17) is 5.11 Å². The molecule has 0 aromatic heterocycles. The number of carboxylic acids is 1. The monoisotopic (exact) mass is 301 g/mol. The number of nitrogens with one attached hydrogen (secondary N) is 2. The maximum Gasteiger partial charge on any atom is 0.317 e. The van der Waals surface area contributed by atoms with Gasteiger partial charge in [-0.05, 0) is 26.7 Å². The summed E-state index contributed by atoms with van der Waals surface area (Å²) >= 11 is 0. The van der Waals surface area contributed by atoms with Gasteiger partial charge in [-0.3, -0.25) is 9.59 Å². The van der Waals surface area contributed by atoms with Crippen molar-refractivity contribution in [3.8, 4) is 0 Å². The molecule has 0 unspecified atom stereocenters. The Kier molecular flexibility index (Phi) is 10.0. The molecule has 7 heteroatoms. The fourth-order valence-corrected chi connectivity index (χ4v) is 1.74. The predicted molar refractivity (Wildman–Crippen MR) is 80.0 cm³/mol. The number of amides is 3. The van der Waals surface area contributed by atoms with Gasteiger partial charge in [-0.25, -0.2) is 4.79 Å². The number of nitrogens with zero attached hydrogens (tertiary/aromatic N) is 1. The SMILES string of the molecule is CC(C)NC(=O)CN(C)C(=O)NCCCCCCC(=O)O. The zero-order chi connectivity index (χ0) is 16.3. The molecule has 0 bridgehead atoms. The van der Waals surface area contributed by atoms with Gasteiger partial charge in [0.25, 0.3) is 0 Å². The van der Waals surface area contributed by atoms with Crippen LogP contribution in [0.5, 0.6) is 0 Å². The summed E-state index contributed by atoms with van der Waals surface area (Å²) in [5.74, 6) is -0.957.